The molecule has 0 spiro atoms. The first-order chi connectivity index (χ1) is 13.7. The maximum Gasteiger partial charge on any atom is 0.315 e. The van der Waals surface area contributed by atoms with Crippen molar-refractivity contribution in [3.63, 3.8) is 0 Å². The summed E-state index contributed by atoms with van der Waals surface area (Å²) in [6.07, 6.45) is 2.51. The number of carbonyl (C=O) groups excluding carboxylic acids is 2. The standard InChI is InChI=1S/C22H25N3O2S/c26-21-10-5-12-25(21)15-17-7-2-1-6-16(17)14-23-22(27)24-19-11-13-28-20-9-4-3-8-18(19)20/h1-4,6-9,19H,5,10-15H2,(H2,23,24,27). The van der Waals surface area contributed by atoms with Gasteiger partial charge in [-0.3, -0.25) is 4.79 Å². The SMILES string of the molecule is O=C(NCc1ccccc1CN1CCCC1=O)NC1CCSc2ccccc21. The summed E-state index contributed by atoms with van der Waals surface area (Å²) in [4.78, 5) is 27.6. The van der Waals surface area contributed by atoms with Crippen molar-refractivity contribution in [1.29, 1.82) is 0 Å². The molecule has 2 aliphatic rings. The van der Waals surface area contributed by atoms with Crippen LogP contribution >= 0.6 is 11.8 Å². The quantitative estimate of drug-likeness (QED) is 0.808. The third-order valence-corrected chi connectivity index (χ3v) is 6.48. The van der Waals surface area contributed by atoms with Gasteiger partial charge < -0.3 is 15.5 Å². The molecule has 6 heteroatoms. The molecule has 2 aromatic rings. The number of hydrogen-bond donors (Lipinski definition) is 2. The number of amides is 3. The molecule has 2 heterocycles. The number of hydrogen-bond acceptors (Lipinski definition) is 3. The summed E-state index contributed by atoms with van der Waals surface area (Å²) in [5.74, 6) is 1.23. The fourth-order valence-corrected chi connectivity index (χ4v) is 4.96. The molecular formula is C22H25N3O2S. The van der Waals surface area contributed by atoms with E-state index in [1.54, 1.807) is 0 Å². The smallest absolute Gasteiger partial charge is 0.315 e. The number of thioether (sulfide) groups is 1. The molecule has 5 nitrogen and oxygen atoms in total. The summed E-state index contributed by atoms with van der Waals surface area (Å²) >= 11 is 1.84. The lowest BCUT2D eigenvalue weighted by atomic mass is 10.0. The molecule has 28 heavy (non-hydrogen) atoms. The van der Waals surface area contributed by atoms with Gasteiger partial charge in [0.25, 0.3) is 0 Å². The summed E-state index contributed by atoms with van der Waals surface area (Å²) in [5, 5.41) is 6.11. The fourth-order valence-electron chi connectivity index (χ4n) is 3.84. The number of benzene rings is 2. The average Bonchev–Trinajstić information content (AvgIpc) is 3.12. The molecule has 1 fully saturated rings. The molecule has 1 unspecified atom stereocenters. The van der Waals surface area contributed by atoms with E-state index in [4.69, 9.17) is 0 Å². The Kier molecular flexibility index (Phi) is 5.86. The average molecular weight is 396 g/mol. The highest BCUT2D eigenvalue weighted by Gasteiger charge is 2.23. The molecule has 2 aliphatic heterocycles. The van der Waals surface area contributed by atoms with E-state index in [1.807, 2.05) is 53.1 Å². The summed E-state index contributed by atoms with van der Waals surface area (Å²) in [5.41, 5.74) is 3.34. The van der Waals surface area contributed by atoms with E-state index in [9.17, 15) is 9.59 Å². The molecule has 1 saturated heterocycles. The Balaban J connectivity index is 1.36. The van der Waals surface area contributed by atoms with Gasteiger partial charge in [0.1, 0.15) is 0 Å². The van der Waals surface area contributed by atoms with Crippen molar-refractivity contribution in [3.05, 3.63) is 65.2 Å². The van der Waals surface area contributed by atoms with Crippen molar-refractivity contribution in [2.45, 2.75) is 43.3 Å². The Hall–Kier alpha value is -2.47. The van der Waals surface area contributed by atoms with Crippen LogP contribution in [-0.2, 0) is 17.9 Å². The maximum absolute atomic E-state index is 12.5. The van der Waals surface area contributed by atoms with Crippen LogP contribution in [0.25, 0.3) is 0 Å². The fraction of sp³-hybridized carbons (Fsp3) is 0.364. The van der Waals surface area contributed by atoms with E-state index in [-0.39, 0.29) is 18.0 Å². The number of likely N-dealkylation sites (tertiary alicyclic amines) is 1. The van der Waals surface area contributed by atoms with Gasteiger partial charge in [-0.1, -0.05) is 42.5 Å². The highest BCUT2D eigenvalue weighted by molar-refractivity contribution is 7.99. The lowest BCUT2D eigenvalue weighted by molar-refractivity contribution is -0.128. The Bertz CT molecular complexity index is 870. The summed E-state index contributed by atoms with van der Waals surface area (Å²) < 4.78 is 0. The minimum atomic E-state index is -0.154. The molecule has 0 aliphatic carbocycles. The van der Waals surface area contributed by atoms with E-state index >= 15 is 0 Å². The van der Waals surface area contributed by atoms with Crippen LogP contribution in [0.1, 0.15) is 42.0 Å². The van der Waals surface area contributed by atoms with Gasteiger partial charge in [0.2, 0.25) is 5.91 Å². The Labute approximate surface area is 169 Å². The van der Waals surface area contributed by atoms with E-state index in [0.717, 1.165) is 36.3 Å². The van der Waals surface area contributed by atoms with Crippen LogP contribution in [0, 0.1) is 0 Å². The van der Waals surface area contributed by atoms with Gasteiger partial charge >= 0.3 is 6.03 Å². The van der Waals surface area contributed by atoms with E-state index < -0.39 is 0 Å². The molecule has 0 saturated carbocycles. The van der Waals surface area contributed by atoms with Gasteiger partial charge in [-0.25, -0.2) is 4.79 Å². The Morgan fingerprint density at radius 3 is 2.71 bits per heavy atom. The van der Waals surface area contributed by atoms with Gasteiger partial charge in [0, 0.05) is 36.7 Å². The predicted molar refractivity (Wildman–Crippen MR) is 111 cm³/mol. The lowest BCUT2D eigenvalue weighted by Gasteiger charge is -2.26. The minimum Gasteiger partial charge on any atom is -0.338 e. The van der Waals surface area contributed by atoms with Crippen molar-refractivity contribution in [2.24, 2.45) is 0 Å². The molecule has 4 rings (SSSR count). The van der Waals surface area contributed by atoms with Crippen LogP contribution in [0.5, 0.6) is 0 Å². The van der Waals surface area contributed by atoms with Crippen molar-refractivity contribution in [3.8, 4) is 0 Å². The van der Waals surface area contributed by atoms with Crippen LogP contribution in [0.2, 0.25) is 0 Å². The number of nitrogens with zero attached hydrogens (tertiary/aromatic N) is 1. The molecule has 1 atom stereocenters. The second-order valence-corrected chi connectivity index (χ2v) is 8.38. The summed E-state index contributed by atoms with van der Waals surface area (Å²) in [6, 6.07) is 16.2. The first kappa shape index (κ1) is 18.9. The van der Waals surface area contributed by atoms with Crippen LogP contribution in [0.15, 0.2) is 53.4 Å². The second kappa shape index (κ2) is 8.69. The van der Waals surface area contributed by atoms with Gasteiger partial charge in [0.05, 0.1) is 6.04 Å². The normalized spacial score (nSPS) is 18.6. The molecule has 2 aromatic carbocycles. The molecule has 3 amide bonds. The largest absolute Gasteiger partial charge is 0.338 e. The summed E-state index contributed by atoms with van der Waals surface area (Å²) in [6.45, 7) is 1.89. The van der Waals surface area contributed by atoms with Crippen LogP contribution in [0.4, 0.5) is 4.79 Å². The van der Waals surface area contributed by atoms with Gasteiger partial charge in [-0.2, -0.15) is 0 Å². The number of urea groups is 1. The number of rotatable bonds is 5. The lowest BCUT2D eigenvalue weighted by Crippen LogP contribution is -2.38. The van der Waals surface area contributed by atoms with Crippen LogP contribution in [0.3, 0.4) is 0 Å². The molecule has 0 bridgehead atoms. The molecular weight excluding hydrogens is 370 g/mol. The third-order valence-electron chi connectivity index (χ3n) is 5.35. The highest BCUT2D eigenvalue weighted by atomic mass is 32.2. The minimum absolute atomic E-state index is 0.0508. The first-order valence-electron chi connectivity index (χ1n) is 9.81. The van der Waals surface area contributed by atoms with Gasteiger partial charge in [-0.05, 0) is 35.6 Å². The zero-order chi connectivity index (χ0) is 19.3. The van der Waals surface area contributed by atoms with Gasteiger partial charge in [0.15, 0.2) is 0 Å². The first-order valence-corrected chi connectivity index (χ1v) is 10.8. The van der Waals surface area contributed by atoms with Crippen molar-refractivity contribution >= 4 is 23.7 Å². The topological polar surface area (TPSA) is 61.4 Å². The molecule has 2 N–H and O–H groups in total. The zero-order valence-electron chi connectivity index (χ0n) is 15.8. The Morgan fingerprint density at radius 2 is 1.89 bits per heavy atom. The second-order valence-electron chi connectivity index (χ2n) is 7.24. The number of fused-ring (bicyclic) bond motifs is 1. The van der Waals surface area contributed by atoms with Crippen molar-refractivity contribution < 1.29 is 9.59 Å². The predicted octanol–water partition coefficient (Wildman–Crippen LogP) is 3.85. The van der Waals surface area contributed by atoms with Crippen LogP contribution < -0.4 is 10.6 Å². The summed E-state index contributed by atoms with van der Waals surface area (Å²) in [7, 11) is 0. The maximum atomic E-state index is 12.5. The van der Waals surface area contributed by atoms with Crippen molar-refractivity contribution in [1.82, 2.24) is 15.5 Å². The molecule has 0 aromatic heterocycles. The number of carbonyl (C=O) groups is 2. The van der Waals surface area contributed by atoms with Crippen LogP contribution in [-0.4, -0.2) is 29.1 Å². The third kappa shape index (κ3) is 4.33. The number of nitrogens with one attached hydrogen (secondary N) is 2. The highest BCUT2D eigenvalue weighted by Crippen LogP contribution is 2.35. The molecule has 146 valence electrons. The molecule has 0 radical (unpaired) electrons. The zero-order valence-corrected chi connectivity index (χ0v) is 16.6. The monoisotopic (exact) mass is 395 g/mol. The Morgan fingerprint density at radius 1 is 1.11 bits per heavy atom. The van der Waals surface area contributed by atoms with E-state index in [1.165, 1.54) is 10.5 Å². The van der Waals surface area contributed by atoms with Crippen molar-refractivity contribution in [2.75, 3.05) is 12.3 Å². The van der Waals surface area contributed by atoms with E-state index in [0.29, 0.717) is 19.5 Å². The van der Waals surface area contributed by atoms with Gasteiger partial charge in [-0.15, -0.1) is 11.8 Å². The van der Waals surface area contributed by atoms with E-state index in [2.05, 4.69) is 22.8 Å².